The maximum Gasteiger partial charge on any atom is 0.124 e. The second kappa shape index (κ2) is 6.89. The maximum absolute atomic E-state index is 9.45. The summed E-state index contributed by atoms with van der Waals surface area (Å²) in [5.41, 5.74) is 3.63. The van der Waals surface area contributed by atoms with E-state index in [1.807, 2.05) is 54.6 Å². The van der Waals surface area contributed by atoms with E-state index in [-0.39, 0.29) is 13.2 Å². The molecule has 0 unspecified atom stereocenters. The van der Waals surface area contributed by atoms with Gasteiger partial charge in [0.15, 0.2) is 0 Å². The summed E-state index contributed by atoms with van der Waals surface area (Å²) in [4.78, 5) is 0. The van der Waals surface area contributed by atoms with Crippen molar-refractivity contribution in [2.75, 3.05) is 7.11 Å². The van der Waals surface area contributed by atoms with E-state index in [0.29, 0.717) is 5.75 Å². The van der Waals surface area contributed by atoms with E-state index < -0.39 is 0 Å². The van der Waals surface area contributed by atoms with Gasteiger partial charge < -0.3 is 14.9 Å². The Labute approximate surface area is 118 Å². The smallest absolute Gasteiger partial charge is 0.124 e. The Morgan fingerprint density at radius 3 is 2.30 bits per heavy atom. The molecule has 2 aromatic carbocycles. The fourth-order valence-corrected chi connectivity index (χ4v) is 2.02. The number of methoxy groups -OCH3 is 1. The van der Waals surface area contributed by atoms with Gasteiger partial charge in [-0.15, -0.1) is 0 Å². The van der Waals surface area contributed by atoms with E-state index in [1.165, 1.54) is 0 Å². The number of aliphatic hydroxyl groups is 2. The lowest BCUT2D eigenvalue weighted by molar-refractivity contribution is 0.273. The van der Waals surface area contributed by atoms with Gasteiger partial charge in [0, 0.05) is 5.56 Å². The van der Waals surface area contributed by atoms with Crippen LogP contribution in [0, 0.1) is 0 Å². The predicted molar refractivity (Wildman–Crippen MR) is 80.2 cm³/mol. The van der Waals surface area contributed by atoms with Gasteiger partial charge in [-0.3, -0.25) is 0 Å². The molecule has 0 aliphatic carbocycles. The summed E-state index contributed by atoms with van der Waals surface area (Å²) in [6.07, 6.45) is 3.91. The lowest BCUT2D eigenvalue weighted by atomic mass is 10.0. The first kappa shape index (κ1) is 14.3. The Kier molecular flexibility index (Phi) is 4.93. The van der Waals surface area contributed by atoms with Crippen molar-refractivity contribution in [3.05, 3.63) is 64.7 Å². The second-order valence-electron chi connectivity index (χ2n) is 4.42. The zero-order valence-electron chi connectivity index (χ0n) is 11.4. The Hall–Kier alpha value is -2.10. The number of aliphatic hydroxyl groups excluding tert-OH is 2. The second-order valence-corrected chi connectivity index (χ2v) is 4.42. The third kappa shape index (κ3) is 3.26. The highest BCUT2D eigenvalue weighted by Gasteiger charge is 2.05. The van der Waals surface area contributed by atoms with E-state index in [9.17, 15) is 5.11 Å². The molecule has 2 aromatic rings. The van der Waals surface area contributed by atoms with Gasteiger partial charge in [-0.1, -0.05) is 48.6 Å². The van der Waals surface area contributed by atoms with Crippen molar-refractivity contribution in [2.24, 2.45) is 0 Å². The summed E-state index contributed by atoms with van der Waals surface area (Å²) < 4.78 is 5.24. The topological polar surface area (TPSA) is 49.7 Å². The molecular weight excluding hydrogens is 252 g/mol. The molecule has 0 aliphatic heterocycles. The number of benzene rings is 2. The SMILES string of the molecule is COc1cccc(/C=C/c2ccc(CO)cc2)c1CO. The van der Waals surface area contributed by atoms with Crippen LogP contribution in [0.15, 0.2) is 42.5 Å². The zero-order valence-corrected chi connectivity index (χ0v) is 11.4. The molecule has 0 aliphatic rings. The van der Waals surface area contributed by atoms with Crippen molar-refractivity contribution in [1.29, 1.82) is 0 Å². The molecule has 2 rings (SSSR count). The highest BCUT2D eigenvalue weighted by Crippen LogP contribution is 2.24. The van der Waals surface area contributed by atoms with Crippen molar-refractivity contribution in [3.8, 4) is 5.75 Å². The van der Waals surface area contributed by atoms with Crippen molar-refractivity contribution in [3.63, 3.8) is 0 Å². The Balaban J connectivity index is 2.26. The number of rotatable bonds is 5. The molecule has 0 heterocycles. The van der Waals surface area contributed by atoms with Crippen LogP contribution in [0.25, 0.3) is 12.2 Å². The van der Waals surface area contributed by atoms with Crippen molar-refractivity contribution >= 4 is 12.2 Å². The highest BCUT2D eigenvalue weighted by molar-refractivity contribution is 5.72. The fourth-order valence-electron chi connectivity index (χ4n) is 2.02. The van der Waals surface area contributed by atoms with Gasteiger partial charge in [-0.05, 0) is 22.8 Å². The van der Waals surface area contributed by atoms with Crippen LogP contribution in [-0.4, -0.2) is 17.3 Å². The third-order valence-electron chi connectivity index (χ3n) is 3.16. The lowest BCUT2D eigenvalue weighted by Gasteiger charge is -2.09. The largest absolute Gasteiger partial charge is 0.496 e. The van der Waals surface area contributed by atoms with Crippen LogP contribution in [0.2, 0.25) is 0 Å². The first-order valence-electron chi connectivity index (χ1n) is 6.43. The normalized spacial score (nSPS) is 10.9. The molecule has 0 saturated carbocycles. The molecule has 0 atom stereocenters. The van der Waals surface area contributed by atoms with Gasteiger partial charge in [0.05, 0.1) is 20.3 Å². The van der Waals surface area contributed by atoms with E-state index in [2.05, 4.69) is 0 Å². The van der Waals surface area contributed by atoms with Crippen LogP contribution in [-0.2, 0) is 13.2 Å². The molecule has 0 bridgehead atoms. The summed E-state index contributed by atoms with van der Waals surface area (Å²) >= 11 is 0. The molecule has 104 valence electrons. The molecule has 0 aromatic heterocycles. The Bertz CT molecular complexity index is 586. The summed E-state index contributed by atoms with van der Waals surface area (Å²) in [7, 11) is 1.59. The van der Waals surface area contributed by atoms with Crippen LogP contribution in [0.5, 0.6) is 5.75 Å². The number of hydrogen-bond acceptors (Lipinski definition) is 3. The van der Waals surface area contributed by atoms with E-state index in [0.717, 1.165) is 22.3 Å². The molecule has 0 saturated heterocycles. The molecule has 3 heteroatoms. The van der Waals surface area contributed by atoms with Gasteiger partial charge >= 0.3 is 0 Å². The fraction of sp³-hybridized carbons (Fsp3) is 0.176. The number of hydrogen-bond donors (Lipinski definition) is 2. The minimum absolute atomic E-state index is 0.0501. The van der Waals surface area contributed by atoms with Gasteiger partial charge in [0.2, 0.25) is 0 Å². The van der Waals surface area contributed by atoms with Crippen LogP contribution in [0.3, 0.4) is 0 Å². The van der Waals surface area contributed by atoms with Crippen molar-refractivity contribution in [1.82, 2.24) is 0 Å². The Morgan fingerprint density at radius 2 is 1.70 bits per heavy atom. The van der Waals surface area contributed by atoms with Crippen LogP contribution >= 0.6 is 0 Å². The van der Waals surface area contributed by atoms with Crippen LogP contribution < -0.4 is 4.74 Å². The van der Waals surface area contributed by atoms with Crippen molar-refractivity contribution in [2.45, 2.75) is 13.2 Å². The first-order chi connectivity index (χ1) is 9.78. The highest BCUT2D eigenvalue weighted by atomic mass is 16.5. The maximum atomic E-state index is 9.45. The van der Waals surface area contributed by atoms with Gasteiger partial charge in [0.25, 0.3) is 0 Å². The average Bonchev–Trinajstić information content (AvgIpc) is 2.52. The molecule has 0 spiro atoms. The minimum Gasteiger partial charge on any atom is -0.496 e. The van der Waals surface area contributed by atoms with Crippen LogP contribution in [0.4, 0.5) is 0 Å². The quantitative estimate of drug-likeness (QED) is 0.821. The predicted octanol–water partition coefficient (Wildman–Crippen LogP) is 2.85. The zero-order chi connectivity index (χ0) is 14.4. The van der Waals surface area contributed by atoms with Gasteiger partial charge in [-0.25, -0.2) is 0 Å². The standard InChI is InChI=1S/C17H18O3/c1-20-17-4-2-3-15(16(17)12-19)10-9-13-5-7-14(11-18)8-6-13/h2-10,18-19H,11-12H2,1H3/b10-9+. The van der Waals surface area contributed by atoms with E-state index in [4.69, 9.17) is 9.84 Å². The van der Waals surface area contributed by atoms with Crippen LogP contribution in [0.1, 0.15) is 22.3 Å². The molecule has 20 heavy (non-hydrogen) atoms. The molecule has 0 amide bonds. The van der Waals surface area contributed by atoms with E-state index in [1.54, 1.807) is 7.11 Å². The van der Waals surface area contributed by atoms with E-state index >= 15 is 0 Å². The monoisotopic (exact) mass is 270 g/mol. The third-order valence-corrected chi connectivity index (χ3v) is 3.16. The first-order valence-corrected chi connectivity index (χ1v) is 6.43. The van der Waals surface area contributed by atoms with Gasteiger partial charge in [0.1, 0.15) is 5.75 Å². The van der Waals surface area contributed by atoms with Gasteiger partial charge in [-0.2, -0.15) is 0 Å². The molecule has 2 N–H and O–H groups in total. The minimum atomic E-state index is -0.0624. The molecule has 3 nitrogen and oxygen atoms in total. The summed E-state index contributed by atoms with van der Waals surface area (Å²) in [6, 6.07) is 13.3. The molecule has 0 fully saturated rings. The number of ether oxygens (including phenoxy) is 1. The average molecular weight is 270 g/mol. The van der Waals surface area contributed by atoms with Crippen molar-refractivity contribution < 1.29 is 14.9 Å². The molecule has 0 radical (unpaired) electrons. The molecular formula is C17H18O3. The summed E-state index contributed by atoms with van der Waals surface area (Å²) in [5.74, 6) is 0.685. The summed E-state index contributed by atoms with van der Waals surface area (Å²) in [6.45, 7) is -0.0122. The summed E-state index contributed by atoms with van der Waals surface area (Å²) in [5, 5.41) is 18.5. The Morgan fingerprint density at radius 1 is 0.950 bits per heavy atom. The lowest BCUT2D eigenvalue weighted by Crippen LogP contribution is -1.94.